The highest BCUT2D eigenvalue weighted by Crippen LogP contribution is 2.11. The number of amides is 2. The Kier molecular flexibility index (Phi) is 5.31. The van der Waals surface area contributed by atoms with Crippen molar-refractivity contribution in [2.45, 2.75) is 12.8 Å². The smallest absolute Gasteiger partial charge is 0.355 e. The van der Waals surface area contributed by atoms with Crippen molar-refractivity contribution in [2.75, 3.05) is 26.3 Å². The summed E-state index contributed by atoms with van der Waals surface area (Å²) in [5.74, 6) is -0.630. The van der Waals surface area contributed by atoms with Crippen LogP contribution in [0.2, 0.25) is 0 Å². The van der Waals surface area contributed by atoms with E-state index in [0.29, 0.717) is 37.0 Å². The lowest BCUT2D eigenvalue weighted by Crippen LogP contribution is -2.39. The molecule has 2 rings (SSSR count). The van der Waals surface area contributed by atoms with E-state index in [1.807, 2.05) is 0 Å². The van der Waals surface area contributed by atoms with Crippen molar-refractivity contribution in [1.29, 1.82) is 0 Å². The quantitative estimate of drug-likeness (QED) is 0.718. The van der Waals surface area contributed by atoms with Crippen molar-refractivity contribution >= 4 is 23.3 Å². The fourth-order valence-electron chi connectivity index (χ4n) is 1.85. The maximum Gasteiger partial charge on any atom is 0.355 e. The Morgan fingerprint density at radius 3 is 3.00 bits per heavy atom. The van der Waals surface area contributed by atoms with Gasteiger partial charge in [-0.05, 0) is 6.42 Å². The lowest BCUT2D eigenvalue weighted by molar-refractivity contribution is 0.0691. The van der Waals surface area contributed by atoms with E-state index < -0.39 is 5.97 Å². The first kappa shape index (κ1) is 14.7. The molecular weight excluding hydrogens is 282 g/mol. The fourth-order valence-corrected chi connectivity index (χ4v) is 2.62. The Hall–Kier alpha value is -1.67. The Labute approximate surface area is 120 Å². The summed E-state index contributed by atoms with van der Waals surface area (Å²) in [6.45, 7) is 2.52. The molecule has 2 amide bonds. The van der Waals surface area contributed by atoms with E-state index in [2.05, 4.69) is 15.6 Å². The first-order valence-corrected chi connectivity index (χ1v) is 7.30. The molecular formula is C12H17N3O4S. The third-order valence-electron chi connectivity index (χ3n) is 2.97. The predicted octanol–water partition coefficient (Wildman–Crippen LogP) is 0.719. The molecule has 1 aliphatic rings. The summed E-state index contributed by atoms with van der Waals surface area (Å²) in [6, 6.07) is -0.216. The van der Waals surface area contributed by atoms with E-state index in [-0.39, 0.29) is 11.7 Å². The van der Waals surface area contributed by atoms with Crippen LogP contribution in [0.1, 0.15) is 21.9 Å². The summed E-state index contributed by atoms with van der Waals surface area (Å²) in [5.41, 5.74) is 0.0516. The Bertz CT molecular complexity index is 471. The van der Waals surface area contributed by atoms with E-state index in [0.717, 1.165) is 13.0 Å². The highest BCUT2D eigenvalue weighted by molar-refractivity contribution is 7.09. The average molecular weight is 299 g/mol. The molecule has 1 aromatic rings. The maximum absolute atomic E-state index is 11.5. The number of carboxylic acids is 1. The third kappa shape index (κ3) is 4.46. The minimum atomic E-state index is -1.03. The second-order valence-electron chi connectivity index (χ2n) is 4.55. The highest BCUT2D eigenvalue weighted by atomic mass is 32.1. The number of nitrogens with zero attached hydrogens (tertiary/aromatic N) is 1. The molecule has 0 radical (unpaired) electrons. The number of urea groups is 1. The zero-order valence-corrected chi connectivity index (χ0v) is 11.7. The number of ether oxygens (including phenoxy) is 1. The third-order valence-corrected chi connectivity index (χ3v) is 3.88. The number of carbonyl (C=O) groups is 2. The van der Waals surface area contributed by atoms with Gasteiger partial charge in [-0.25, -0.2) is 14.6 Å². The van der Waals surface area contributed by atoms with Crippen LogP contribution in [0.4, 0.5) is 4.79 Å². The van der Waals surface area contributed by atoms with Gasteiger partial charge in [0.2, 0.25) is 0 Å². The van der Waals surface area contributed by atoms with Crippen molar-refractivity contribution in [3.05, 3.63) is 16.1 Å². The zero-order valence-electron chi connectivity index (χ0n) is 10.9. The molecule has 1 unspecified atom stereocenters. The number of thiazole rings is 1. The monoisotopic (exact) mass is 299 g/mol. The number of nitrogens with one attached hydrogen (secondary N) is 2. The van der Waals surface area contributed by atoms with Crippen LogP contribution in [0, 0.1) is 5.92 Å². The van der Waals surface area contributed by atoms with Crippen LogP contribution in [0.5, 0.6) is 0 Å². The first-order valence-electron chi connectivity index (χ1n) is 6.42. The van der Waals surface area contributed by atoms with Gasteiger partial charge in [0, 0.05) is 37.4 Å². The molecule has 1 fully saturated rings. The molecule has 0 aromatic carbocycles. The fraction of sp³-hybridized carbons (Fsp3) is 0.583. The van der Waals surface area contributed by atoms with Crippen LogP contribution in [-0.4, -0.2) is 48.4 Å². The first-order chi connectivity index (χ1) is 9.65. The van der Waals surface area contributed by atoms with Gasteiger partial charge < -0.3 is 20.5 Å². The van der Waals surface area contributed by atoms with E-state index in [1.165, 1.54) is 16.7 Å². The van der Waals surface area contributed by atoms with Crippen molar-refractivity contribution in [2.24, 2.45) is 5.92 Å². The molecule has 1 saturated heterocycles. The van der Waals surface area contributed by atoms with Crippen LogP contribution in [0.25, 0.3) is 0 Å². The molecule has 110 valence electrons. The molecule has 0 aliphatic carbocycles. The number of hydrogen-bond acceptors (Lipinski definition) is 5. The standard InChI is InChI=1S/C12H17N3O4S/c16-11(17)9-7-20-10(15-9)1-3-13-12(18)14-5-8-2-4-19-6-8/h7-8H,1-6H2,(H,16,17)(H2,13,14,18). The van der Waals surface area contributed by atoms with E-state index >= 15 is 0 Å². The summed E-state index contributed by atoms with van der Waals surface area (Å²) in [6.07, 6.45) is 1.51. The Morgan fingerprint density at radius 2 is 2.35 bits per heavy atom. The summed E-state index contributed by atoms with van der Waals surface area (Å²) < 4.78 is 5.22. The van der Waals surface area contributed by atoms with Gasteiger partial charge in [0.15, 0.2) is 5.69 Å². The predicted molar refractivity (Wildman–Crippen MR) is 73.1 cm³/mol. The molecule has 8 heteroatoms. The lowest BCUT2D eigenvalue weighted by atomic mass is 10.1. The van der Waals surface area contributed by atoms with Crippen LogP contribution < -0.4 is 10.6 Å². The highest BCUT2D eigenvalue weighted by Gasteiger charge is 2.16. The van der Waals surface area contributed by atoms with Crippen molar-refractivity contribution in [1.82, 2.24) is 15.6 Å². The van der Waals surface area contributed by atoms with Crippen molar-refractivity contribution < 1.29 is 19.4 Å². The van der Waals surface area contributed by atoms with E-state index in [4.69, 9.17) is 9.84 Å². The molecule has 1 atom stereocenters. The molecule has 20 heavy (non-hydrogen) atoms. The molecule has 0 saturated carbocycles. The number of rotatable bonds is 6. The summed E-state index contributed by atoms with van der Waals surface area (Å²) in [4.78, 5) is 26.1. The number of carboxylic acid groups (broad SMARTS) is 1. The number of carbonyl (C=O) groups excluding carboxylic acids is 1. The van der Waals surface area contributed by atoms with Gasteiger partial charge in [-0.1, -0.05) is 0 Å². The van der Waals surface area contributed by atoms with Gasteiger partial charge in [-0.2, -0.15) is 0 Å². The molecule has 0 bridgehead atoms. The van der Waals surface area contributed by atoms with Gasteiger partial charge in [0.25, 0.3) is 0 Å². The van der Waals surface area contributed by atoms with Gasteiger partial charge in [-0.15, -0.1) is 11.3 Å². The van der Waals surface area contributed by atoms with Crippen molar-refractivity contribution in [3.8, 4) is 0 Å². The average Bonchev–Trinajstić information content (AvgIpc) is 3.07. The number of hydrogen-bond donors (Lipinski definition) is 3. The lowest BCUT2D eigenvalue weighted by Gasteiger charge is -2.10. The van der Waals surface area contributed by atoms with Crippen LogP contribution in [0.3, 0.4) is 0 Å². The summed E-state index contributed by atoms with van der Waals surface area (Å²) in [5, 5.41) is 16.5. The summed E-state index contributed by atoms with van der Waals surface area (Å²) in [7, 11) is 0. The van der Waals surface area contributed by atoms with Gasteiger partial charge >= 0.3 is 12.0 Å². The largest absolute Gasteiger partial charge is 0.476 e. The normalized spacial score (nSPS) is 17.9. The van der Waals surface area contributed by atoms with Gasteiger partial charge in [0.1, 0.15) is 0 Å². The van der Waals surface area contributed by atoms with E-state index in [9.17, 15) is 9.59 Å². The maximum atomic E-state index is 11.5. The number of aromatic nitrogens is 1. The minimum Gasteiger partial charge on any atom is -0.476 e. The molecule has 3 N–H and O–H groups in total. The van der Waals surface area contributed by atoms with Crippen LogP contribution in [0.15, 0.2) is 5.38 Å². The SMILES string of the molecule is O=C(NCCc1nc(C(=O)O)cs1)NCC1CCOC1. The van der Waals surface area contributed by atoms with Gasteiger partial charge in [0.05, 0.1) is 11.6 Å². The van der Waals surface area contributed by atoms with Crippen LogP contribution in [-0.2, 0) is 11.2 Å². The zero-order chi connectivity index (χ0) is 14.4. The summed E-state index contributed by atoms with van der Waals surface area (Å²) >= 11 is 1.28. The Balaban J connectivity index is 1.61. The second-order valence-corrected chi connectivity index (χ2v) is 5.49. The number of aromatic carboxylic acids is 1. The second kappa shape index (κ2) is 7.20. The van der Waals surface area contributed by atoms with Crippen molar-refractivity contribution in [3.63, 3.8) is 0 Å². The van der Waals surface area contributed by atoms with E-state index in [1.54, 1.807) is 0 Å². The topological polar surface area (TPSA) is 101 Å². The molecule has 1 aliphatic heterocycles. The molecule has 1 aromatic heterocycles. The molecule has 7 nitrogen and oxygen atoms in total. The molecule has 0 spiro atoms. The minimum absolute atomic E-state index is 0.0516. The van der Waals surface area contributed by atoms with Gasteiger partial charge in [-0.3, -0.25) is 0 Å². The molecule has 2 heterocycles. The van der Waals surface area contributed by atoms with Crippen LogP contribution >= 0.6 is 11.3 Å². The Morgan fingerprint density at radius 1 is 1.50 bits per heavy atom.